The third-order valence-corrected chi connectivity index (χ3v) is 4.75. The molecular formula is C16H29N3O. The summed E-state index contributed by atoms with van der Waals surface area (Å²) in [5, 5.41) is 13.3. The van der Waals surface area contributed by atoms with Crippen molar-refractivity contribution in [1.82, 2.24) is 10.2 Å². The molecule has 1 saturated heterocycles. The van der Waals surface area contributed by atoms with Crippen LogP contribution in [0.3, 0.4) is 0 Å². The van der Waals surface area contributed by atoms with Crippen molar-refractivity contribution in [1.29, 1.82) is 5.26 Å². The van der Waals surface area contributed by atoms with E-state index in [1.54, 1.807) is 7.11 Å². The molecule has 1 atom stereocenters. The number of hydrogen-bond acceptors (Lipinski definition) is 4. The SMILES string of the molecule is CCCNC(C#N)(CN1CCC(COC)CC1)C1CC1. The van der Waals surface area contributed by atoms with Gasteiger partial charge in [0.05, 0.1) is 6.07 Å². The van der Waals surface area contributed by atoms with E-state index < -0.39 is 0 Å². The number of nitrogens with zero attached hydrogens (tertiary/aromatic N) is 2. The molecule has 2 aliphatic rings. The van der Waals surface area contributed by atoms with E-state index in [0.29, 0.717) is 11.8 Å². The van der Waals surface area contributed by atoms with Crippen molar-refractivity contribution in [2.24, 2.45) is 11.8 Å². The van der Waals surface area contributed by atoms with Crippen molar-refractivity contribution in [3.05, 3.63) is 0 Å². The van der Waals surface area contributed by atoms with Gasteiger partial charge >= 0.3 is 0 Å². The quantitative estimate of drug-likeness (QED) is 0.738. The van der Waals surface area contributed by atoms with Crippen LogP contribution in [-0.4, -0.2) is 50.3 Å². The Bertz CT molecular complexity index is 329. The van der Waals surface area contributed by atoms with Gasteiger partial charge in [0.15, 0.2) is 0 Å². The molecule has 0 aromatic rings. The van der Waals surface area contributed by atoms with E-state index >= 15 is 0 Å². The maximum Gasteiger partial charge on any atom is 0.122 e. The number of likely N-dealkylation sites (tertiary alicyclic amines) is 1. The molecule has 4 nitrogen and oxygen atoms in total. The molecule has 0 aromatic heterocycles. The molecule has 114 valence electrons. The second-order valence-electron chi connectivity index (χ2n) is 6.46. The molecular weight excluding hydrogens is 250 g/mol. The van der Waals surface area contributed by atoms with Crippen LogP contribution < -0.4 is 5.32 Å². The van der Waals surface area contributed by atoms with Crippen molar-refractivity contribution < 1.29 is 4.74 Å². The highest BCUT2D eigenvalue weighted by Gasteiger charge is 2.46. The highest BCUT2D eigenvalue weighted by molar-refractivity contribution is 5.16. The van der Waals surface area contributed by atoms with Crippen LogP contribution >= 0.6 is 0 Å². The molecule has 0 spiro atoms. The summed E-state index contributed by atoms with van der Waals surface area (Å²) in [7, 11) is 1.79. The van der Waals surface area contributed by atoms with Crippen LogP contribution in [0.2, 0.25) is 0 Å². The third-order valence-electron chi connectivity index (χ3n) is 4.75. The van der Waals surface area contributed by atoms with E-state index in [2.05, 4.69) is 23.2 Å². The molecule has 1 aliphatic carbocycles. The van der Waals surface area contributed by atoms with Crippen molar-refractivity contribution in [3.63, 3.8) is 0 Å². The first-order valence-corrected chi connectivity index (χ1v) is 8.11. The Labute approximate surface area is 123 Å². The monoisotopic (exact) mass is 279 g/mol. The molecule has 1 unspecified atom stereocenters. The zero-order valence-electron chi connectivity index (χ0n) is 13.0. The van der Waals surface area contributed by atoms with E-state index in [0.717, 1.165) is 39.2 Å². The van der Waals surface area contributed by atoms with Crippen molar-refractivity contribution in [2.75, 3.05) is 39.9 Å². The molecule has 0 bridgehead atoms. The predicted molar refractivity (Wildman–Crippen MR) is 80.4 cm³/mol. The Kier molecular flexibility index (Phi) is 5.83. The molecule has 4 heteroatoms. The average Bonchev–Trinajstić information content (AvgIpc) is 3.31. The minimum absolute atomic E-state index is 0.301. The minimum Gasteiger partial charge on any atom is -0.384 e. The summed E-state index contributed by atoms with van der Waals surface area (Å²) < 4.78 is 5.26. The van der Waals surface area contributed by atoms with Gasteiger partial charge in [0.1, 0.15) is 5.54 Å². The van der Waals surface area contributed by atoms with Crippen molar-refractivity contribution in [3.8, 4) is 6.07 Å². The van der Waals surface area contributed by atoms with Gasteiger partial charge in [0, 0.05) is 20.3 Å². The molecule has 1 saturated carbocycles. The van der Waals surface area contributed by atoms with Gasteiger partial charge in [-0.3, -0.25) is 5.32 Å². The van der Waals surface area contributed by atoms with Crippen molar-refractivity contribution >= 4 is 0 Å². The van der Waals surface area contributed by atoms with E-state index in [1.807, 2.05) is 0 Å². The summed E-state index contributed by atoms with van der Waals surface area (Å²) in [6.07, 6.45) is 5.92. The Morgan fingerprint density at radius 3 is 2.50 bits per heavy atom. The fourth-order valence-electron chi connectivity index (χ4n) is 3.32. The van der Waals surface area contributed by atoms with Gasteiger partial charge in [-0.1, -0.05) is 6.92 Å². The fourth-order valence-corrected chi connectivity index (χ4v) is 3.32. The average molecular weight is 279 g/mol. The number of nitrogens with one attached hydrogen (secondary N) is 1. The minimum atomic E-state index is -0.301. The molecule has 1 heterocycles. The second-order valence-corrected chi connectivity index (χ2v) is 6.46. The van der Waals surface area contributed by atoms with Gasteiger partial charge in [-0.25, -0.2) is 0 Å². The van der Waals surface area contributed by atoms with Crippen LogP contribution in [0.15, 0.2) is 0 Å². The van der Waals surface area contributed by atoms with Crippen LogP contribution in [0.5, 0.6) is 0 Å². The van der Waals surface area contributed by atoms with Crippen LogP contribution in [-0.2, 0) is 4.74 Å². The molecule has 1 aliphatic heterocycles. The maximum atomic E-state index is 9.72. The summed E-state index contributed by atoms with van der Waals surface area (Å²) in [6.45, 7) is 7.11. The lowest BCUT2D eigenvalue weighted by Gasteiger charge is -2.38. The van der Waals surface area contributed by atoms with Gasteiger partial charge in [0.25, 0.3) is 0 Å². The fraction of sp³-hybridized carbons (Fsp3) is 0.938. The first-order valence-electron chi connectivity index (χ1n) is 8.11. The van der Waals surface area contributed by atoms with Gasteiger partial charge in [0.2, 0.25) is 0 Å². The number of ether oxygens (including phenoxy) is 1. The number of nitriles is 1. The van der Waals surface area contributed by atoms with Crippen LogP contribution in [0.25, 0.3) is 0 Å². The molecule has 20 heavy (non-hydrogen) atoms. The first-order chi connectivity index (χ1) is 9.74. The molecule has 1 N–H and O–H groups in total. The molecule has 2 fully saturated rings. The Morgan fingerprint density at radius 2 is 2.00 bits per heavy atom. The summed E-state index contributed by atoms with van der Waals surface area (Å²) in [5.41, 5.74) is -0.301. The van der Waals surface area contributed by atoms with E-state index in [-0.39, 0.29) is 5.54 Å². The van der Waals surface area contributed by atoms with Gasteiger partial charge in [-0.15, -0.1) is 0 Å². The van der Waals surface area contributed by atoms with Crippen LogP contribution in [0.4, 0.5) is 0 Å². The molecule has 2 rings (SSSR count). The van der Waals surface area contributed by atoms with Crippen LogP contribution in [0, 0.1) is 23.2 Å². The number of hydrogen-bond donors (Lipinski definition) is 1. The summed E-state index contributed by atoms with van der Waals surface area (Å²) in [5.74, 6) is 1.27. The maximum absolute atomic E-state index is 9.72. The second kappa shape index (κ2) is 7.40. The van der Waals surface area contributed by atoms with Crippen molar-refractivity contribution in [2.45, 2.75) is 44.6 Å². The number of rotatable bonds is 8. The lowest BCUT2D eigenvalue weighted by atomic mass is 9.91. The van der Waals surface area contributed by atoms with E-state index in [1.165, 1.54) is 25.7 Å². The normalized spacial score (nSPS) is 24.2. The highest BCUT2D eigenvalue weighted by atomic mass is 16.5. The van der Waals surface area contributed by atoms with E-state index in [9.17, 15) is 5.26 Å². The molecule has 0 amide bonds. The predicted octanol–water partition coefficient (Wildman–Crippen LogP) is 2.02. The largest absolute Gasteiger partial charge is 0.384 e. The van der Waals surface area contributed by atoms with E-state index in [4.69, 9.17) is 4.74 Å². The van der Waals surface area contributed by atoms with Crippen LogP contribution in [0.1, 0.15) is 39.0 Å². The van der Waals surface area contributed by atoms with Gasteiger partial charge in [-0.2, -0.15) is 5.26 Å². The smallest absolute Gasteiger partial charge is 0.122 e. The number of piperidine rings is 1. The lowest BCUT2D eigenvalue weighted by molar-refractivity contribution is 0.0873. The standard InChI is InChI=1S/C16H29N3O/c1-3-8-18-16(12-17,15-4-5-15)13-19-9-6-14(7-10-19)11-20-2/h14-15,18H,3-11,13H2,1-2H3. The first kappa shape index (κ1) is 15.8. The Balaban J connectivity index is 1.87. The summed E-state index contributed by atoms with van der Waals surface area (Å²) >= 11 is 0. The highest BCUT2D eigenvalue weighted by Crippen LogP contribution is 2.40. The lowest BCUT2D eigenvalue weighted by Crippen LogP contribution is -2.56. The topological polar surface area (TPSA) is 48.3 Å². The van der Waals surface area contributed by atoms with Gasteiger partial charge in [-0.05, 0) is 63.6 Å². The zero-order chi connectivity index (χ0) is 14.4. The molecule has 0 aromatic carbocycles. The zero-order valence-corrected chi connectivity index (χ0v) is 13.0. The Hall–Kier alpha value is -0.630. The third kappa shape index (κ3) is 3.94. The summed E-state index contributed by atoms with van der Waals surface area (Å²) in [4.78, 5) is 2.48. The number of methoxy groups -OCH3 is 1. The molecule has 0 radical (unpaired) electrons. The summed E-state index contributed by atoms with van der Waals surface area (Å²) in [6, 6.07) is 2.62. The van der Waals surface area contributed by atoms with Gasteiger partial charge < -0.3 is 9.64 Å². The Morgan fingerprint density at radius 1 is 1.30 bits per heavy atom.